The van der Waals surface area contributed by atoms with Crippen molar-refractivity contribution in [3.05, 3.63) is 33.9 Å². The fraction of sp³-hybridized carbons (Fsp3) is 0.300. The summed E-state index contributed by atoms with van der Waals surface area (Å²) in [6.45, 7) is 1.55. The highest BCUT2D eigenvalue weighted by atomic mass is 16.6. The second kappa shape index (κ2) is 5.22. The minimum absolute atomic E-state index is 0.0751. The molecule has 0 atom stereocenters. The van der Waals surface area contributed by atoms with Crippen molar-refractivity contribution in [2.24, 2.45) is 0 Å². The molecule has 6 heteroatoms. The average molecular weight is 224 g/mol. The molecule has 86 valence electrons. The summed E-state index contributed by atoms with van der Waals surface area (Å²) < 4.78 is 0. The van der Waals surface area contributed by atoms with E-state index in [1.165, 1.54) is 25.1 Å². The summed E-state index contributed by atoms with van der Waals surface area (Å²) in [6.07, 6.45) is 0. The highest BCUT2D eigenvalue weighted by Crippen LogP contribution is 2.22. The largest absolute Gasteiger partial charge is 0.395 e. The number of aliphatic hydroxyl groups is 1. The van der Waals surface area contributed by atoms with E-state index >= 15 is 0 Å². The maximum Gasteiger partial charge on any atom is 0.270 e. The van der Waals surface area contributed by atoms with Gasteiger partial charge in [-0.25, -0.2) is 0 Å². The minimum Gasteiger partial charge on any atom is -0.395 e. The maximum absolute atomic E-state index is 11.3. The third-order valence-electron chi connectivity index (χ3n) is 2.02. The van der Waals surface area contributed by atoms with Gasteiger partial charge in [0.25, 0.3) is 5.69 Å². The summed E-state index contributed by atoms with van der Waals surface area (Å²) in [5, 5.41) is 22.0. The number of anilines is 1. The van der Waals surface area contributed by atoms with Crippen molar-refractivity contribution in [1.29, 1.82) is 0 Å². The van der Waals surface area contributed by atoms with Crippen LogP contribution in [0.3, 0.4) is 0 Å². The first-order valence-electron chi connectivity index (χ1n) is 4.70. The number of nitrogens with one attached hydrogen (secondary N) is 1. The molecule has 0 radical (unpaired) electrons. The minimum atomic E-state index is -0.553. The molecule has 0 saturated heterocycles. The van der Waals surface area contributed by atoms with Crippen LogP contribution in [0.1, 0.15) is 17.3 Å². The quantitative estimate of drug-likeness (QED) is 0.445. The molecule has 1 aromatic rings. The number of aliphatic hydroxyl groups excluding tert-OH is 1. The molecule has 0 amide bonds. The summed E-state index contributed by atoms with van der Waals surface area (Å²) in [7, 11) is 0. The number of ketones is 1. The summed E-state index contributed by atoms with van der Waals surface area (Å²) in [5.74, 6) is -0.260. The molecule has 0 spiro atoms. The topological polar surface area (TPSA) is 92.5 Å². The van der Waals surface area contributed by atoms with Crippen LogP contribution in [0.25, 0.3) is 0 Å². The lowest BCUT2D eigenvalue weighted by atomic mass is 10.1. The van der Waals surface area contributed by atoms with Gasteiger partial charge in [-0.1, -0.05) is 0 Å². The molecule has 1 aromatic carbocycles. The molecule has 0 bridgehead atoms. The van der Waals surface area contributed by atoms with Gasteiger partial charge < -0.3 is 10.4 Å². The first kappa shape index (κ1) is 12.1. The molecule has 0 heterocycles. The van der Waals surface area contributed by atoms with E-state index in [9.17, 15) is 14.9 Å². The van der Waals surface area contributed by atoms with Gasteiger partial charge in [-0.3, -0.25) is 14.9 Å². The summed E-state index contributed by atoms with van der Waals surface area (Å²) in [4.78, 5) is 21.3. The number of nitro benzene ring substituents is 1. The lowest BCUT2D eigenvalue weighted by Crippen LogP contribution is -2.09. The van der Waals surface area contributed by atoms with Crippen LogP contribution in [0, 0.1) is 10.1 Å². The smallest absolute Gasteiger partial charge is 0.270 e. The number of carbonyl (C=O) groups excluding carboxylic acids is 1. The zero-order valence-electron chi connectivity index (χ0n) is 8.77. The van der Waals surface area contributed by atoms with Gasteiger partial charge in [0, 0.05) is 29.9 Å². The van der Waals surface area contributed by atoms with Gasteiger partial charge in [0.1, 0.15) is 0 Å². The van der Waals surface area contributed by atoms with Crippen molar-refractivity contribution in [2.75, 3.05) is 18.5 Å². The Morgan fingerprint density at radius 1 is 1.56 bits per heavy atom. The summed E-state index contributed by atoms with van der Waals surface area (Å²) in [6, 6.07) is 4.00. The van der Waals surface area contributed by atoms with E-state index in [4.69, 9.17) is 5.11 Å². The van der Waals surface area contributed by atoms with Crippen LogP contribution in [-0.4, -0.2) is 29.0 Å². The number of hydrogen-bond donors (Lipinski definition) is 2. The number of Topliss-reactive ketones (excluding diaryl/α,β-unsaturated/α-hetero) is 1. The van der Waals surface area contributed by atoms with Crippen molar-refractivity contribution in [2.45, 2.75) is 6.92 Å². The Balaban J connectivity index is 3.09. The molecule has 0 aliphatic rings. The number of carbonyl (C=O) groups is 1. The third-order valence-corrected chi connectivity index (χ3v) is 2.02. The predicted molar refractivity (Wildman–Crippen MR) is 58.7 cm³/mol. The Morgan fingerprint density at radius 2 is 2.25 bits per heavy atom. The Labute approximate surface area is 92.0 Å². The van der Waals surface area contributed by atoms with Gasteiger partial charge in [-0.05, 0) is 13.0 Å². The Morgan fingerprint density at radius 3 is 2.75 bits per heavy atom. The van der Waals surface area contributed by atoms with Crippen LogP contribution in [0.2, 0.25) is 0 Å². The molecular weight excluding hydrogens is 212 g/mol. The number of non-ortho nitro benzene ring substituents is 1. The normalized spacial score (nSPS) is 9.88. The molecule has 0 aromatic heterocycles. The molecule has 0 aliphatic heterocycles. The Bertz CT molecular complexity index is 417. The summed E-state index contributed by atoms with van der Waals surface area (Å²) >= 11 is 0. The highest BCUT2D eigenvalue weighted by molar-refractivity contribution is 6.00. The van der Waals surface area contributed by atoms with E-state index in [-0.39, 0.29) is 30.2 Å². The molecule has 0 fully saturated rings. The van der Waals surface area contributed by atoms with Gasteiger partial charge in [0.15, 0.2) is 5.78 Å². The van der Waals surface area contributed by atoms with E-state index in [0.717, 1.165) is 0 Å². The first-order valence-corrected chi connectivity index (χ1v) is 4.70. The molecule has 0 saturated carbocycles. The van der Waals surface area contributed by atoms with E-state index in [2.05, 4.69) is 5.32 Å². The number of nitro groups is 1. The Kier molecular flexibility index (Phi) is 3.96. The van der Waals surface area contributed by atoms with Crippen LogP contribution in [0.4, 0.5) is 11.4 Å². The van der Waals surface area contributed by atoms with E-state index < -0.39 is 4.92 Å². The van der Waals surface area contributed by atoms with Crippen LogP contribution >= 0.6 is 0 Å². The standard InChI is InChI=1S/C10H12N2O4/c1-7(14)9-6-8(12(15)16)2-3-10(9)11-4-5-13/h2-3,6,11,13H,4-5H2,1H3. The van der Waals surface area contributed by atoms with Gasteiger partial charge >= 0.3 is 0 Å². The highest BCUT2D eigenvalue weighted by Gasteiger charge is 2.13. The first-order chi connectivity index (χ1) is 7.56. The van der Waals surface area contributed by atoms with E-state index in [0.29, 0.717) is 5.69 Å². The number of rotatable bonds is 5. The molecule has 1 rings (SSSR count). The maximum atomic E-state index is 11.3. The van der Waals surface area contributed by atoms with Crippen LogP contribution < -0.4 is 5.32 Å². The van der Waals surface area contributed by atoms with Gasteiger partial charge in [0.2, 0.25) is 0 Å². The number of hydrogen-bond acceptors (Lipinski definition) is 5. The van der Waals surface area contributed by atoms with Crippen molar-refractivity contribution in [3.63, 3.8) is 0 Å². The monoisotopic (exact) mass is 224 g/mol. The SMILES string of the molecule is CC(=O)c1cc([N+](=O)[O-])ccc1NCCO. The molecular formula is C10H12N2O4. The Hall–Kier alpha value is -1.95. The molecule has 0 aliphatic carbocycles. The second-order valence-electron chi connectivity index (χ2n) is 3.19. The number of benzene rings is 1. The van der Waals surface area contributed by atoms with E-state index in [1.807, 2.05) is 0 Å². The molecule has 6 nitrogen and oxygen atoms in total. The zero-order valence-corrected chi connectivity index (χ0v) is 8.77. The molecule has 16 heavy (non-hydrogen) atoms. The van der Waals surface area contributed by atoms with Crippen molar-refractivity contribution in [3.8, 4) is 0 Å². The zero-order chi connectivity index (χ0) is 12.1. The summed E-state index contributed by atoms with van der Waals surface area (Å²) in [5.41, 5.74) is 0.620. The molecule has 0 unspecified atom stereocenters. The fourth-order valence-electron chi connectivity index (χ4n) is 1.28. The van der Waals surface area contributed by atoms with Crippen LogP contribution in [-0.2, 0) is 0 Å². The van der Waals surface area contributed by atoms with Crippen molar-refractivity contribution in [1.82, 2.24) is 0 Å². The lowest BCUT2D eigenvalue weighted by Gasteiger charge is -2.08. The van der Waals surface area contributed by atoms with Crippen LogP contribution in [0.5, 0.6) is 0 Å². The second-order valence-corrected chi connectivity index (χ2v) is 3.19. The fourth-order valence-corrected chi connectivity index (χ4v) is 1.28. The number of nitrogens with zero attached hydrogens (tertiary/aromatic N) is 1. The van der Waals surface area contributed by atoms with Gasteiger partial charge in [-0.2, -0.15) is 0 Å². The third kappa shape index (κ3) is 2.77. The van der Waals surface area contributed by atoms with E-state index in [1.54, 1.807) is 0 Å². The van der Waals surface area contributed by atoms with Crippen molar-refractivity contribution >= 4 is 17.2 Å². The van der Waals surface area contributed by atoms with Crippen molar-refractivity contribution < 1.29 is 14.8 Å². The average Bonchev–Trinajstić information content (AvgIpc) is 2.25. The predicted octanol–water partition coefficient (Wildman–Crippen LogP) is 1.20. The van der Waals surface area contributed by atoms with Gasteiger partial charge in [-0.15, -0.1) is 0 Å². The molecule has 2 N–H and O–H groups in total. The van der Waals surface area contributed by atoms with Crippen LogP contribution in [0.15, 0.2) is 18.2 Å². The van der Waals surface area contributed by atoms with Gasteiger partial charge in [0.05, 0.1) is 11.5 Å². The lowest BCUT2D eigenvalue weighted by molar-refractivity contribution is -0.384.